The number of piperazine rings is 1. The Labute approximate surface area is 417 Å². The number of hydrogen-bond acceptors (Lipinski definition) is 12. The van der Waals surface area contributed by atoms with Gasteiger partial charge in [-0.3, -0.25) is 53.5 Å². The predicted molar refractivity (Wildman–Crippen MR) is 270 cm³/mol. The number of ether oxygens (including phenoxy) is 1. The number of carbonyl (C=O) groups is 7. The van der Waals surface area contributed by atoms with Crippen molar-refractivity contribution in [1.82, 2.24) is 34.9 Å². The van der Waals surface area contributed by atoms with Crippen molar-refractivity contribution in [3.05, 3.63) is 135 Å². The summed E-state index contributed by atoms with van der Waals surface area (Å²) < 4.78 is 7.13. The lowest BCUT2D eigenvalue weighted by Gasteiger charge is -2.34. The minimum absolute atomic E-state index is 0.00716. The fourth-order valence-corrected chi connectivity index (χ4v) is 9.04. The second-order valence-electron chi connectivity index (χ2n) is 19.3. The van der Waals surface area contributed by atoms with Gasteiger partial charge in [-0.25, -0.2) is 4.98 Å². The van der Waals surface area contributed by atoms with E-state index < -0.39 is 29.7 Å². The second kappa shape index (κ2) is 21.6. The molecule has 4 heterocycles. The number of aromatic nitrogens is 2. The third kappa shape index (κ3) is 11.3. The van der Waals surface area contributed by atoms with Crippen molar-refractivity contribution < 1.29 is 38.3 Å². The summed E-state index contributed by atoms with van der Waals surface area (Å²) >= 11 is 0. The number of hydrogen-bond donors (Lipinski definition) is 4. The molecular weight excluding hydrogens is 919 g/mol. The monoisotopic (exact) mass is 977 g/mol. The maximum Gasteiger partial charge on any atom is 0.293 e. The third-order valence-corrected chi connectivity index (χ3v) is 13.3. The fourth-order valence-electron chi connectivity index (χ4n) is 9.04. The van der Waals surface area contributed by atoms with Crippen molar-refractivity contribution in [2.45, 2.75) is 71.3 Å². The smallest absolute Gasteiger partial charge is 0.293 e. The van der Waals surface area contributed by atoms with E-state index in [1.807, 2.05) is 54.3 Å². The molecule has 2 fully saturated rings. The molecule has 3 aliphatic rings. The topological polar surface area (TPSA) is 221 Å². The Morgan fingerprint density at radius 1 is 0.806 bits per heavy atom. The van der Waals surface area contributed by atoms with Crippen molar-refractivity contribution in [3.63, 3.8) is 0 Å². The zero-order chi connectivity index (χ0) is 51.3. The van der Waals surface area contributed by atoms with Crippen LogP contribution in [0.15, 0.2) is 95.9 Å². The Bertz CT molecular complexity index is 2990. The van der Waals surface area contributed by atoms with E-state index in [-0.39, 0.29) is 70.8 Å². The van der Waals surface area contributed by atoms with Crippen LogP contribution >= 0.6 is 0 Å². The average molecular weight is 978 g/mol. The van der Waals surface area contributed by atoms with Crippen LogP contribution in [0.5, 0.6) is 5.75 Å². The van der Waals surface area contributed by atoms with Gasteiger partial charge in [-0.1, -0.05) is 57.5 Å². The minimum atomic E-state index is -1.11. The summed E-state index contributed by atoms with van der Waals surface area (Å²) in [4.78, 5) is 113. The van der Waals surface area contributed by atoms with Crippen molar-refractivity contribution >= 4 is 58.5 Å². The first-order valence-electron chi connectivity index (χ1n) is 24.2. The Morgan fingerprint density at radius 3 is 2.21 bits per heavy atom. The van der Waals surface area contributed by atoms with Crippen molar-refractivity contribution in [2.24, 2.45) is 7.05 Å². The lowest BCUT2D eigenvalue weighted by Crippen LogP contribution is -2.54. The molecule has 3 aliphatic heterocycles. The van der Waals surface area contributed by atoms with E-state index in [1.54, 1.807) is 37.5 Å². The Kier molecular flexibility index (Phi) is 15.1. The number of anilines is 3. The Balaban J connectivity index is 0.753. The molecule has 4 N–H and O–H groups in total. The van der Waals surface area contributed by atoms with Gasteiger partial charge in [0.1, 0.15) is 11.8 Å². The molecule has 18 heteroatoms. The molecule has 0 aliphatic carbocycles. The van der Waals surface area contributed by atoms with E-state index >= 15 is 0 Å². The molecule has 4 aromatic carbocycles. The van der Waals surface area contributed by atoms with E-state index in [0.29, 0.717) is 47.8 Å². The number of imide groups is 2. The van der Waals surface area contributed by atoms with E-state index in [4.69, 9.17) is 9.72 Å². The van der Waals surface area contributed by atoms with Crippen LogP contribution in [0.25, 0.3) is 11.3 Å². The highest BCUT2D eigenvalue weighted by Crippen LogP contribution is 2.34. The standard InChI is InChI=1S/C54H59N9O9/c1-33-38(11-9-13-40(33)58-48(66)34-15-19-36(20-16-34)54(2,3)4)41-31-60(5)53(71)47(57-41)56-37-21-17-35(18-22-37)50(68)62-29-27-61(28-30-62)26-8-6-7-25-55-45(65)32-72-43-14-10-12-39-46(43)52(70)63(51(39)69)42-23-24-44(64)59-49(42)67/h9-22,31,42H,6-8,23-30,32H2,1-5H3,(H,55,65)(H,56,57)(H,58,66)(H,59,64,67). The first-order valence-corrected chi connectivity index (χ1v) is 24.2. The lowest BCUT2D eigenvalue weighted by molar-refractivity contribution is -0.136. The fraction of sp³-hybridized carbons (Fsp3) is 0.352. The second-order valence-corrected chi connectivity index (χ2v) is 19.3. The van der Waals surface area contributed by atoms with E-state index in [0.717, 1.165) is 60.5 Å². The molecule has 18 nitrogen and oxygen atoms in total. The molecule has 1 atom stereocenters. The molecule has 0 saturated carbocycles. The SMILES string of the molecule is Cc1c(NC(=O)c2ccc(C(C)(C)C)cc2)cccc1-c1cn(C)c(=O)c(Nc2ccc(C(=O)N3CCN(CCCCCNC(=O)COc4cccc5c4C(=O)N(C4CCC(=O)NC4=O)C5=O)CC3)cc2)n1. The highest BCUT2D eigenvalue weighted by molar-refractivity contribution is 6.24. The largest absolute Gasteiger partial charge is 0.483 e. The molecule has 0 radical (unpaired) electrons. The van der Waals surface area contributed by atoms with Crippen LogP contribution in [0, 0.1) is 6.92 Å². The minimum Gasteiger partial charge on any atom is -0.483 e. The normalized spacial score (nSPS) is 16.0. The van der Waals surface area contributed by atoms with Crippen LogP contribution in [-0.4, -0.2) is 118 Å². The van der Waals surface area contributed by atoms with Gasteiger partial charge in [0, 0.05) is 80.5 Å². The Hall–Kier alpha value is -7.99. The van der Waals surface area contributed by atoms with Crippen molar-refractivity contribution in [2.75, 3.05) is 56.5 Å². The number of fused-ring (bicyclic) bond motifs is 1. The number of nitrogens with one attached hydrogen (secondary N) is 4. The van der Waals surface area contributed by atoms with Gasteiger partial charge in [-0.15, -0.1) is 0 Å². The number of amides is 7. The first-order chi connectivity index (χ1) is 34.5. The number of nitrogens with zero attached hydrogens (tertiary/aromatic N) is 5. The van der Waals surface area contributed by atoms with Gasteiger partial charge in [0.2, 0.25) is 11.8 Å². The van der Waals surface area contributed by atoms with Crippen molar-refractivity contribution in [3.8, 4) is 17.0 Å². The Morgan fingerprint density at radius 2 is 1.50 bits per heavy atom. The van der Waals surface area contributed by atoms with Gasteiger partial charge in [0.25, 0.3) is 35.1 Å². The molecule has 0 bridgehead atoms. The number of aryl methyl sites for hydroxylation is 1. The van der Waals surface area contributed by atoms with Gasteiger partial charge >= 0.3 is 0 Å². The van der Waals surface area contributed by atoms with Gasteiger partial charge in [-0.05, 0) is 104 Å². The maximum atomic E-state index is 13.5. The van der Waals surface area contributed by atoms with Crippen LogP contribution in [-0.2, 0) is 26.8 Å². The first kappa shape index (κ1) is 50.4. The molecule has 8 rings (SSSR count). The average Bonchev–Trinajstić information content (AvgIpc) is 3.62. The predicted octanol–water partition coefficient (Wildman–Crippen LogP) is 5.57. The molecule has 374 valence electrons. The number of piperidine rings is 1. The summed E-state index contributed by atoms with van der Waals surface area (Å²) in [6.45, 7) is 11.8. The maximum absolute atomic E-state index is 13.5. The van der Waals surface area contributed by atoms with Crippen LogP contribution in [0.3, 0.4) is 0 Å². The zero-order valence-electron chi connectivity index (χ0n) is 41.1. The van der Waals surface area contributed by atoms with Crippen LogP contribution in [0.4, 0.5) is 17.2 Å². The van der Waals surface area contributed by atoms with E-state index in [9.17, 15) is 38.4 Å². The third-order valence-electron chi connectivity index (χ3n) is 13.3. The molecule has 0 spiro atoms. The van der Waals surface area contributed by atoms with E-state index in [1.165, 1.54) is 22.8 Å². The number of carbonyl (C=O) groups excluding carboxylic acids is 7. The highest BCUT2D eigenvalue weighted by Gasteiger charge is 2.46. The van der Waals surface area contributed by atoms with Crippen LogP contribution in [0.2, 0.25) is 0 Å². The molecule has 2 saturated heterocycles. The lowest BCUT2D eigenvalue weighted by atomic mass is 9.86. The summed E-state index contributed by atoms with van der Waals surface area (Å²) in [5, 5.41) is 11.2. The summed E-state index contributed by atoms with van der Waals surface area (Å²) in [5.41, 5.74) is 5.22. The summed E-state index contributed by atoms with van der Waals surface area (Å²) in [5.74, 6) is -3.05. The van der Waals surface area contributed by atoms with Gasteiger partial charge in [0.15, 0.2) is 12.4 Å². The molecule has 7 amide bonds. The van der Waals surface area contributed by atoms with Crippen molar-refractivity contribution in [1.29, 1.82) is 0 Å². The molecule has 72 heavy (non-hydrogen) atoms. The number of rotatable bonds is 16. The van der Waals surface area contributed by atoms with Gasteiger partial charge in [0.05, 0.1) is 16.8 Å². The zero-order valence-corrected chi connectivity index (χ0v) is 41.1. The molecule has 5 aromatic rings. The van der Waals surface area contributed by atoms with Gasteiger partial charge < -0.3 is 30.2 Å². The molecule has 1 aromatic heterocycles. The van der Waals surface area contributed by atoms with Gasteiger partial charge in [-0.2, -0.15) is 0 Å². The van der Waals surface area contributed by atoms with Crippen LogP contribution in [0.1, 0.15) is 105 Å². The molecular formula is C54H59N9O9. The number of benzene rings is 4. The van der Waals surface area contributed by atoms with E-state index in [2.05, 4.69) is 46.9 Å². The number of unbranched alkanes of at least 4 members (excludes halogenated alkanes) is 2. The summed E-state index contributed by atoms with van der Waals surface area (Å²) in [6, 6.07) is 23.5. The molecule has 1 unspecified atom stereocenters. The highest BCUT2D eigenvalue weighted by atomic mass is 16.5. The quantitative estimate of drug-likeness (QED) is 0.0704. The van der Waals surface area contributed by atoms with Crippen LogP contribution < -0.4 is 31.6 Å². The summed E-state index contributed by atoms with van der Waals surface area (Å²) in [6.07, 6.45) is 4.21. The summed E-state index contributed by atoms with van der Waals surface area (Å²) in [7, 11) is 1.66.